The Morgan fingerprint density at radius 2 is 1.75 bits per heavy atom. The van der Waals surface area contributed by atoms with Crippen molar-refractivity contribution in [3.63, 3.8) is 0 Å². The van der Waals surface area contributed by atoms with Crippen molar-refractivity contribution in [2.45, 2.75) is 16.7 Å². The van der Waals surface area contributed by atoms with Gasteiger partial charge in [0.1, 0.15) is 4.90 Å². The summed E-state index contributed by atoms with van der Waals surface area (Å²) in [4.78, 5) is 0.155. The molecular formula is C11H9O6S3. The van der Waals surface area contributed by atoms with Crippen LogP contribution in [0.2, 0.25) is 0 Å². The third-order valence-electron chi connectivity index (χ3n) is 2.44. The van der Waals surface area contributed by atoms with Gasteiger partial charge in [-0.15, -0.1) is 11.3 Å². The second kappa shape index (κ2) is 4.93. The largest absolute Gasteiger partial charge is 0.295 e. The lowest BCUT2D eigenvalue weighted by Crippen LogP contribution is -2.05. The molecule has 0 unspecified atom stereocenters. The topological polar surface area (TPSA) is 109 Å². The van der Waals surface area contributed by atoms with Crippen LogP contribution in [-0.2, 0) is 20.2 Å². The molecule has 0 amide bonds. The zero-order chi connectivity index (χ0) is 15.1. The fourth-order valence-corrected chi connectivity index (χ4v) is 3.78. The highest BCUT2D eigenvalue weighted by molar-refractivity contribution is 7.86. The summed E-state index contributed by atoms with van der Waals surface area (Å²) >= 11 is 1.27. The molecule has 6 nitrogen and oxygen atoms in total. The van der Waals surface area contributed by atoms with Crippen LogP contribution < -0.4 is 0 Å². The molecule has 0 saturated heterocycles. The maximum absolute atomic E-state index is 11.4. The number of benzene rings is 1. The molecule has 1 aromatic carbocycles. The van der Waals surface area contributed by atoms with Gasteiger partial charge in [-0.2, -0.15) is 16.8 Å². The van der Waals surface area contributed by atoms with Gasteiger partial charge in [-0.25, -0.2) is 0 Å². The summed E-state index contributed by atoms with van der Waals surface area (Å²) in [5.74, 6) is 0. The van der Waals surface area contributed by atoms with Gasteiger partial charge in [0.2, 0.25) is 0 Å². The third-order valence-corrected chi connectivity index (χ3v) is 5.17. The monoisotopic (exact) mass is 333 g/mol. The number of hydrogen-bond donors (Lipinski definition) is 2. The summed E-state index contributed by atoms with van der Waals surface area (Å²) in [5.41, 5.74) is 0.0537. The molecule has 0 saturated carbocycles. The number of rotatable bonds is 3. The Kier molecular flexibility index (Phi) is 3.73. The molecule has 107 valence electrons. The van der Waals surface area contributed by atoms with E-state index in [4.69, 9.17) is 4.55 Å². The molecule has 0 spiro atoms. The molecular weight excluding hydrogens is 324 g/mol. The van der Waals surface area contributed by atoms with E-state index in [-0.39, 0.29) is 5.56 Å². The lowest BCUT2D eigenvalue weighted by atomic mass is 10.2. The second-order valence-corrected chi connectivity index (χ2v) is 8.03. The first kappa shape index (κ1) is 15.1. The van der Waals surface area contributed by atoms with Crippen molar-refractivity contribution in [2.75, 3.05) is 0 Å². The SMILES string of the molecule is Cc1ccc(-c2[c]cc(S(=O)(=O)O)cc2S(=O)(=O)O)s1. The van der Waals surface area contributed by atoms with Crippen LogP contribution >= 0.6 is 11.3 Å². The molecule has 2 aromatic rings. The summed E-state index contributed by atoms with van der Waals surface area (Å²) in [6.45, 7) is 1.81. The van der Waals surface area contributed by atoms with Gasteiger partial charge in [0.15, 0.2) is 0 Å². The fraction of sp³-hybridized carbons (Fsp3) is 0.0909. The summed E-state index contributed by atoms with van der Waals surface area (Å²) in [6.07, 6.45) is 0. The lowest BCUT2D eigenvalue weighted by molar-refractivity contribution is 0.481. The summed E-state index contributed by atoms with van der Waals surface area (Å²) in [6, 6.07) is 7.51. The molecule has 0 aliphatic carbocycles. The highest BCUT2D eigenvalue weighted by Gasteiger charge is 2.22. The third kappa shape index (κ3) is 3.07. The van der Waals surface area contributed by atoms with Gasteiger partial charge in [-0.1, -0.05) is 0 Å². The molecule has 20 heavy (non-hydrogen) atoms. The van der Waals surface area contributed by atoms with Crippen molar-refractivity contribution in [1.82, 2.24) is 0 Å². The maximum atomic E-state index is 11.4. The first-order valence-corrected chi connectivity index (χ1v) is 8.86. The van der Waals surface area contributed by atoms with Crippen LogP contribution in [0.3, 0.4) is 0 Å². The van der Waals surface area contributed by atoms with E-state index in [0.717, 1.165) is 10.9 Å². The fourth-order valence-electron chi connectivity index (χ4n) is 1.57. The zero-order valence-corrected chi connectivity index (χ0v) is 12.5. The highest BCUT2D eigenvalue weighted by Crippen LogP contribution is 2.33. The van der Waals surface area contributed by atoms with Gasteiger partial charge in [0.05, 0.1) is 4.90 Å². The lowest BCUT2D eigenvalue weighted by Gasteiger charge is -2.06. The molecule has 0 aliphatic heterocycles. The zero-order valence-electron chi connectivity index (χ0n) is 10.1. The average molecular weight is 333 g/mol. The van der Waals surface area contributed by atoms with Gasteiger partial charge in [0, 0.05) is 15.3 Å². The van der Waals surface area contributed by atoms with Crippen LogP contribution in [0.25, 0.3) is 10.4 Å². The minimum absolute atomic E-state index is 0.0537. The summed E-state index contributed by atoms with van der Waals surface area (Å²) < 4.78 is 62.9. The van der Waals surface area contributed by atoms with Gasteiger partial charge in [0.25, 0.3) is 20.2 Å². The van der Waals surface area contributed by atoms with E-state index in [2.05, 4.69) is 6.07 Å². The molecule has 0 aliphatic rings. The Bertz CT molecular complexity index is 861. The van der Waals surface area contributed by atoms with E-state index in [1.165, 1.54) is 11.3 Å². The Labute approximate surface area is 120 Å². The number of aryl methyl sites for hydroxylation is 1. The Morgan fingerprint density at radius 3 is 2.20 bits per heavy atom. The van der Waals surface area contributed by atoms with Gasteiger partial charge in [-0.05, 0) is 37.3 Å². The van der Waals surface area contributed by atoms with Crippen LogP contribution in [0.5, 0.6) is 0 Å². The standard InChI is InChI=1S/C11H9O6S3/c1-7-2-5-10(18-7)9-4-3-8(19(12,13)14)6-11(9)20(15,16)17/h2-3,5-6H,1H3,(H,12,13,14)(H,15,16,17). The predicted molar refractivity (Wildman–Crippen MR) is 73.0 cm³/mol. The van der Waals surface area contributed by atoms with Crippen LogP contribution in [-0.4, -0.2) is 25.9 Å². The molecule has 1 aromatic heterocycles. The van der Waals surface area contributed by atoms with Crippen LogP contribution in [0.15, 0.2) is 34.1 Å². The maximum Gasteiger partial charge on any atom is 0.295 e. The van der Waals surface area contributed by atoms with Crippen molar-refractivity contribution in [1.29, 1.82) is 0 Å². The number of thiophene rings is 1. The molecule has 1 radical (unpaired) electrons. The van der Waals surface area contributed by atoms with Crippen molar-refractivity contribution in [3.8, 4) is 10.4 Å². The smallest absolute Gasteiger partial charge is 0.282 e. The first-order chi connectivity index (χ1) is 9.09. The predicted octanol–water partition coefficient (Wildman–Crippen LogP) is 2.02. The van der Waals surface area contributed by atoms with Crippen molar-refractivity contribution >= 4 is 31.6 Å². The van der Waals surface area contributed by atoms with Gasteiger partial charge in [-0.3, -0.25) is 9.11 Å². The van der Waals surface area contributed by atoms with E-state index in [1.54, 1.807) is 12.1 Å². The normalized spacial score (nSPS) is 12.6. The second-order valence-electron chi connectivity index (χ2n) is 3.94. The minimum Gasteiger partial charge on any atom is -0.282 e. The summed E-state index contributed by atoms with van der Waals surface area (Å²) in [5, 5.41) is 0. The van der Waals surface area contributed by atoms with Crippen LogP contribution in [0, 0.1) is 13.0 Å². The van der Waals surface area contributed by atoms with Crippen molar-refractivity contribution < 1.29 is 25.9 Å². The van der Waals surface area contributed by atoms with Gasteiger partial charge < -0.3 is 0 Å². The van der Waals surface area contributed by atoms with Crippen molar-refractivity contribution in [3.05, 3.63) is 35.2 Å². The van der Waals surface area contributed by atoms with Crippen molar-refractivity contribution in [2.24, 2.45) is 0 Å². The van der Waals surface area contributed by atoms with E-state index in [1.807, 2.05) is 6.92 Å². The molecule has 9 heteroatoms. The molecule has 2 rings (SSSR count). The average Bonchev–Trinajstić information content (AvgIpc) is 2.72. The van der Waals surface area contributed by atoms with E-state index in [0.29, 0.717) is 10.9 Å². The van der Waals surface area contributed by atoms with E-state index in [9.17, 15) is 21.4 Å². The van der Waals surface area contributed by atoms with E-state index >= 15 is 0 Å². The molecule has 0 atom stereocenters. The first-order valence-electron chi connectivity index (χ1n) is 5.16. The van der Waals surface area contributed by atoms with Crippen LogP contribution in [0.1, 0.15) is 4.88 Å². The quantitative estimate of drug-likeness (QED) is 0.832. The van der Waals surface area contributed by atoms with Gasteiger partial charge >= 0.3 is 0 Å². The van der Waals surface area contributed by atoms with E-state index < -0.39 is 30.0 Å². The Hall–Kier alpha value is -1.26. The Balaban J connectivity index is 2.77. The molecule has 1 heterocycles. The molecule has 0 bridgehead atoms. The molecule has 2 N–H and O–H groups in total. The molecule has 0 fully saturated rings. The minimum atomic E-state index is -4.66. The number of hydrogen-bond acceptors (Lipinski definition) is 5. The van der Waals surface area contributed by atoms with Crippen LogP contribution in [0.4, 0.5) is 0 Å². The summed E-state index contributed by atoms with van der Waals surface area (Å²) in [7, 11) is -9.24. The Morgan fingerprint density at radius 1 is 1.10 bits per heavy atom. The highest BCUT2D eigenvalue weighted by atomic mass is 32.2.